The fourth-order valence-corrected chi connectivity index (χ4v) is 1.71. The second kappa shape index (κ2) is 6.04. The maximum Gasteiger partial charge on any atom is 0.309 e. The Kier molecular flexibility index (Phi) is 4.18. The molecule has 5 heteroatoms. The molecule has 0 unspecified atom stereocenters. The van der Waals surface area contributed by atoms with Crippen LogP contribution in [0.5, 0.6) is 5.75 Å². The first-order valence-corrected chi connectivity index (χ1v) is 6.18. The standard InChI is InChI=1S/C14H16N2O3/c1-2-6-19-12-5-3-4-10(7-12)14-15-9-11(16-14)8-13(17)18/h3-5,7,9H,2,6,8H2,1H3,(H,15,16)(H,17,18). The normalized spacial score (nSPS) is 10.4. The van der Waals surface area contributed by atoms with Crippen LogP contribution in [0, 0.1) is 0 Å². The van der Waals surface area contributed by atoms with Gasteiger partial charge in [-0.1, -0.05) is 19.1 Å². The molecular formula is C14H16N2O3. The molecule has 5 nitrogen and oxygen atoms in total. The van der Waals surface area contributed by atoms with Crippen molar-refractivity contribution >= 4 is 5.97 Å². The third-order valence-corrected chi connectivity index (χ3v) is 2.55. The number of nitrogens with one attached hydrogen (secondary N) is 1. The number of ether oxygens (including phenoxy) is 1. The van der Waals surface area contributed by atoms with Crippen LogP contribution in [0.3, 0.4) is 0 Å². The minimum atomic E-state index is -0.879. The van der Waals surface area contributed by atoms with E-state index in [2.05, 4.69) is 16.9 Å². The number of aromatic nitrogens is 2. The molecule has 0 amide bonds. The predicted molar refractivity (Wildman–Crippen MR) is 71.1 cm³/mol. The second-order valence-electron chi connectivity index (χ2n) is 4.20. The number of hydrogen-bond acceptors (Lipinski definition) is 3. The van der Waals surface area contributed by atoms with Gasteiger partial charge in [-0.05, 0) is 18.6 Å². The molecule has 2 rings (SSSR count). The highest BCUT2D eigenvalue weighted by atomic mass is 16.5. The third kappa shape index (κ3) is 3.58. The first-order chi connectivity index (χ1) is 9.19. The van der Waals surface area contributed by atoms with Crippen molar-refractivity contribution in [3.63, 3.8) is 0 Å². The SMILES string of the molecule is CCCOc1cccc(-c2ncc(CC(=O)O)[nH]2)c1. The summed E-state index contributed by atoms with van der Waals surface area (Å²) in [6.07, 6.45) is 2.44. The van der Waals surface area contributed by atoms with Gasteiger partial charge >= 0.3 is 5.97 Å². The number of benzene rings is 1. The predicted octanol–water partition coefficient (Wildman–Crippen LogP) is 2.49. The second-order valence-corrected chi connectivity index (χ2v) is 4.20. The van der Waals surface area contributed by atoms with Crippen LogP contribution < -0.4 is 4.74 Å². The van der Waals surface area contributed by atoms with E-state index in [1.165, 1.54) is 0 Å². The molecule has 2 aromatic rings. The molecule has 0 atom stereocenters. The number of hydrogen-bond donors (Lipinski definition) is 2. The van der Waals surface area contributed by atoms with Gasteiger partial charge in [-0.25, -0.2) is 4.98 Å². The van der Waals surface area contributed by atoms with Crippen molar-refractivity contribution < 1.29 is 14.6 Å². The number of rotatable bonds is 6. The molecule has 0 radical (unpaired) electrons. The Balaban J connectivity index is 2.16. The Labute approximate surface area is 111 Å². The van der Waals surface area contributed by atoms with Crippen molar-refractivity contribution in [2.45, 2.75) is 19.8 Å². The highest BCUT2D eigenvalue weighted by Crippen LogP contribution is 2.21. The van der Waals surface area contributed by atoms with Gasteiger partial charge in [-0.3, -0.25) is 4.79 Å². The lowest BCUT2D eigenvalue weighted by Gasteiger charge is -2.05. The van der Waals surface area contributed by atoms with Crippen LogP contribution in [0.4, 0.5) is 0 Å². The highest BCUT2D eigenvalue weighted by molar-refractivity contribution is 5.70. The Bertz CT molecular complexity index is 563. The molecule has 1 aromatic heterocycles. The molecule has 0 aliphatic rings. The molecule has 1 heterocycles. The first kappa shape index (κ1) is 13.1. The summed E-state index contributed by atoms with van der Waals surface area (Å²) in [7, 11) is 0. The number of aromatic amines is 1. The minimum absolute atomic E-state index is 0.0565. The molecule has 0 fully saturated rings. The van der Waals surface area contributed by atoms with Crippen molar-refractivity contribution in [1.29, 1.82) is 0 Å². The summed E-state index contributed by atoms with van der Waals surface area (Å²) >= 11 is 0. The van der Waals surface area contributed by atoms with Crippen LogP contribution in [0.1, 0.15) is 19.0 Å². The average molecular weight is 260 g/mol. The number of aliphatic carboxylic acids is 1. The fourth-order valence-electron chi connectivity index (χ4n) is 1.71. The average Bonchev–Trinajstić information content (AvgIpc) is 2.84. The summed E-state index contributed by atoms with van der Waals surface area (Å²) in [6, 6.07) is 7.57. The molecule has 19 heavy (non-hydrogen) atoms. The summed E-state index contributed by atoms with van der Waals surface area (Å²) in [5.74, 6) is 0.559. The van der Waals surface area contributed by atoms with E-state index in [4.69, 9.17) is 9.84 Å². The van der Waals surface area contributed by atoms with E-state index in [0.717, 1.165) is 17.7 Å². The number of H-pyrrole nitrogens is 1. The largest absolute Gasteiger partial charge is 0.494 e. The Hall–Kier alpha value is -2.30. The van der Waals surface area contributed by atoms with E-state index < -0.39 is 5.97 Å². The first-order valence-electron chi connectivity index (χ1n) is 6.18. The molecule has 2 N–H and O–H groups in total. The molecule has 0 bridgehead atoms. The quantitative estimate of drug-likeness (QED) is 0.836. The van der Waals surface area contributed by atoms with Crippen molar-refractivity contribution in [2.24, 2.45) is 0 Å². The number of nitrogens with zero attached hydrogens (tertiary/aromatic N) is 1. The third-order valence-electron chi connectivity index (χ3n) is 2.55. The van der Waals surface area contributed by atoms with Gasteiger partial charge in [0, 0.05) is 17.5 Å². The lowest BCUT2D eigenvalue weighted by Crippen LogP contribution is -1.99. The van der Waals surface area contributed by atoms with Gasteiger partial charge in [-0.2, -0.15) is 0 Å². The van der Waals surface area contributed by atoms with Crippen LogP contribution >= 0.6 is 0 Å². The van der Waals surface area contributed by atoms with Gasteiger partial charge < -0.3 is 14.8 Å². The lowest BCUT2D eigenvalue weighted by atomic mass is 10.2. The van der Waals surface area contributed by atoms with Crippen LogP contribution in [0.2, 0.25) is 0 Å². The van der Waals surface area contributed by atoms with E-state index in [9.17, 15) is 4.79 Å². The van der Waals surface area contributed by atoms with Gasteiger partial charge in [0.05, 0.1) is 13.0 Å². The molecule has 100 valence electrons. The van der Waals surface area contributed by atoms with E-state index in [1.54, 1.807) is 6.20 Å². The summed E-state index contributed by atoms with van der Waals surface area (Å²) in [6.45, 7) is 2.72. The molecule has 1 aromatic carbocycles. The molecule has 0 aliphatic heterocycles. The summed E-state index contributed by atoms with van der Waals surface area (Å²) in [5.41, 5.74) is 1.47. The zero-order valence-electron chi connectivity index (χ0n) is 10.7. The van der Waals surface area contributed by atoms with E-state index >= 15 is 0 Å². The molecule has 0 saturated carbocycles. The maximum atomic E-state index is 10.6. The van der Waals surface area contributed by atoms with Crippen LogP contribution in [-0.2, 0) is 11.2 Å². The number of carboxylic acid groups (broad SMARTS) is 1. The maximum absolute atomic E-state index is 10.6. The topological polar surface area (TPSA) is 75.2 Å². The van der Waals surface area contributed by atoms with E-state index in [0.29, 0.717) is 18.1 Å². The number of carbonyl (C=O) groups is 1. The van der Waals surface area contributed by atoms with Crippen molar-refractivity contribution in [3.8, 4) is 17.1 Å². The summed E-state index contributed by atoms with van der Waals surface area (Å²) in [5, 5.41) is 8.72. The fraction of sp³-hybridized carbons (Fsp3) is 0.286. The monoisotopic (exact) mass is 260 g/mol. The zero-order valence-corrected chi connectivity index (χ0v) is 10.7. The van der Waals surface area contributed by atoms with Gasteiger partial charge in [0.1, 0.15) is 11.6 Å². The lowest BCUT2D eigenvalue weighted by molar-refractivity contribution is -0.136. The van der Waals surface area contributed by atoms with Gasteiger partial charge in [0.25, 0.3) is 0 Å². The Morgan fingerprint density at radius 1 is 1.47 bits per heavy atom. The minimum Gasteiger partial charge on any atom is -0.494 e. The molecule has 0 spiro atoms. The summed E-state index contributed by atoms with van der Waals surface area (Å²) in [4.78, 5) is 17.8. The van der Waals surface area contributed by atoms with Crippen LogP contribution in [0.15, 0.2) is 30.5 Å². The van der Waals surface area contributed by atoms with Crippen molar-refractivity contribution in [3.05, 3.63) is 36.2 Å². The number of imidazole rings is 1. The van der Waals surface area contributed by atoms with Crippen molar-refractivity contribution in [1.82, 2.24) is 9.97 Å². The zero-order chi connectivity index (χ0) is 13.7. The van der Waals surface area contributed by atoms with Crippen molar-refractivity contribution in [2.75, 3.05) is 6.61 Å². The highest BCUT2D eigenvalue weighted by Gasteiger charge is 2.07. The van der Waals surface area contributed by atoms with Crippen LogP contribution in [-0.4, -0.2) is 27.7 Å². The molecule has 0 aliphatic carbocycles. The van der Waals surface area contributed by atoms with E-state index in [-0.39, 0.29) is 6.42 Å². The van der Waals surface area contributed by atoms with Gasteiger partial charge in [0.2, 0.25) is 0 Å². The smallest absolute Gasteiger partial charge is 0.309 e. The molecule has 0 saturated heterocycles. The summed E-state index contributed by atoms with van der Waals surface area (Å²) < 4.78 is 5.55. The Morgan fingerprint density at radius 2 is 2.32 bits per heavy atom. The van der Waals surface area contributed by atoms with Gasteiger partial charge in [-0.15, -0.1) is 0 Å². The Morgan fingerprint density at radius 3 is 3.05 bits per heavy atom. The molecular weight excluding hydrogens is 244 g/mol. The van der Waals surface area contributed by atoms with Crippen LogP contribution in [0.25, 0.3) is 11.4 Å². The van der Waals surface area contributed by atoms with Gasteiger partial charge in [0.15, 0.2) is 0 Å². The number of carboxylic acids is 1. The van der Waals surface area contributed by atoms with E-state index in [1.807, 2.05) is 24.3 Å².